The number of aliphatic hydroxyl groups excluding tert-OH is 1. The Bertz CT molecular complexity index is 464. The van der Waals surface area contributed by atoms with E-state index in [1.807, 2.05) is 11.3 Å². The van der Waals surface area contributed by atoms with Gasteiger partial charge in [-0.2, -0.15) is 0 Å². The maximum absolute atomic E-state index is 9.42. The molecule has 3 nitrogen and oxygen atoms in total. The molecule has 2 N–H and O–H groups in total. The quantitative estimate of drug-likeness (QED) is 0.869. The van der Waals surface area contributed by atoms with Crippen LogP contribution in [0, 0.1) is 18.8 Å². The Morgan fingerprint density at radius 2 is 2.00 bits per heavy atom. The fraction of sp³-hybridized carbons (Fsp3) is 0.824. The van der Waals surface area contributed by atoms with Crippen LogP contribution in [0.4, 0.5) is 0 Å². The number of thiazole rings is 1. The lowest BCUT2D eigenvalue weighted by atomic mass is 9.96. The number of nitrogens with one attached hydrogen (secondary N) is 1. The molecule has 0 bridgehead atoms. The van der Waals surface area contributed by atoms with Gasteiger partial charge in [-0.3, -0.25) is 0 Å². The van der Waals surface area contributed by atoms with Gasteiger partial charge in [0, 0.05) is 22.9 Å². The van der Waals surface area contributed by atoms with Crippen LogP contribution >= 0.6 is 11.3 Å². The van der Waals surface area contributed by atoms with Crippen LogP contribution in [-0.4, -0.2) is 23.2 Å². The van der Waals surface area contributed by atoms with Crippen LogP contribution in [0.5, 0.6) is 0 Å². The molecule has 1 aromatic heterocycles. The summed E-state index contributed by atoms with van der Waals surface area (Å²) in [6.45, 7) is 12.4. The molecule has 120 valence electrons. The molecule has 0 aromatic carbocycles. The van der Waals surface area contributed by atoms with Crippen molar-refractivity contribution in [2.75, 3.05) is 13.2 Å². The number of aliphatic hydroxyl groups is 1. The molecule has 3 atom stereocenters. The second-order valence-electron chi connectivity index (χ2n) is 7.48. The Balaban J connectivity index is 1.97. The normalized spacial score (nSPS) is 24.5. The van der Waals surface area contributed by atoms with E-state index in [1.165, 1.54) is 29.1 Å². The highest BCUT2D eigenvalue weighted by Gasteiger charge is 2.27. The largest absolute Gasteiger partial charge is 0.396 e. The highest BCUT2D eigenvalue weighted by molar-refractivity contribution is 7.12. The molecule has 3 unspecified atom stereocenters. The van der Waals surface area contributed by atoms with Gasteiger partial charge in [0.2, 0.25) is 0 Å². The fourth-order valence-corrected chi connectivity index (χ4v) is 4.32. The Kier molecular flexibility index (Phi) is 5.44. The van der Waals surface area contributed by atoms with Gasteiger partial charge in [-0.05, 0) is 45.1 Å². The lowest BCUT2D eigenvalue weighted by molar-refractivity contribution is 0.190. The molecular formula is C17H30N2OS. The summed E-state index contributed by atoms with van der Waals surface area (Å²) >= 11 is 1.84. The molecule has 4 heteroatoms. The van der Waals surface area contributed by atoms with Crippen molar-refractivity contribution >= 4 is 11.3 Å². The third-order valence-corrected chi connectivity index (χ3v) is 6.37. The minimum atomic E-state index is 0.126. The second kappa shape index (κ2) is 6.76. The van der Waals surface area contributed by atoms with Crippen LogP contribution in [0.15, 0.2) is 0 Å². The Morgan fingerprint density at radius 3 is 2.57 bits per heavy atom. The van der Waals surface area contributed by atoms with Gasteiger partial charge in [0.25, 0.3) is 0 Å². The third kappa shape index (κ3) is 4.05. The van der Waals surface area contributed by atoms with Crippen molar-refractivity contribution < 1.29 is 5.11 Å². The second-order valence-corrected chi connectivity index (χ2v) is 8.51. The lowest BCUT2D eigenvalue weighted by Gasteiger charge is -2.21. The monoisotopic (exact) mass is 310 g/mol. The van der Waals surface area contributed by atoms with Gasteiger partial charge in [-0.15, -0.1) is 11.3 Å². The highest BCUT2D eigenvalue weighted by atomic mass is 32.1. The fourth-order valence-electron chi connectivity index (χ4n) is 3.17. The van der Waals surface area contributed by atoms with Gasteiger partial charge < -0.3 is 10.4 Å². The van der Waals surface area contributed by atoms with E-state index < -0.39 is 0 Å². The molecule has 21 heavy (non-hydrogen) atoms. The topological polar surface area (TPSA) is 45.2 Å². The van der Waals surface area contributed by atoms with Gasteiger partial charge in [0.05, 0.1) is 10.7 Å². The predicted octanol–water partition coefficient (Wildman–Crippen LogP) is 3.81. The predicted molar refractivity (Wildman–Crippen MR) is 89.9 cm³/mol. The molecule has 0 aliphatic heterocycles. The molecule has 0 radical (unpaired) electrons. The van der Waals surface area contributed by atoms with Gasteiger partial charge in [0.1, 0.15) is 0 Å². The van der Waals surface area contributed by atoms with Crippen molar-refractivity contribution in [1.82, 2.24) is 10.3 Å². The summed E-state index contributed by atoms with van der Waals surface area (Å²) in [5.74, 6) is 1.13. The highest BCUT2D eigenvalue weighted by Crippen LogP contribution is 2.34. The molecule has 2 rings (SSSR count). The molecule has 1 heterocycles. The number of hydrogen-bond donors (Lipinski definition) is 2. The number of nitrogens with zero attached hydrogens (tertiary/aromatic N) is 1. The van der Waals surface area contributed by atoms with Gasteiger partial charge >= 0.3 is 0 Å². The first-order chi connectivity index (χ1) is 9.82. The minimum Gasteiger partial charge on any atom is -0.396 e. The molecule has 0 saturated heterocycles. The van der Waals surface area contributed by atoms with Crippen molar-refractivity contribution in [3.63, 3.8) is 0 Å². The standard InChI is InChI=1S/C17H30N2OS/c1-11(18-9-13-7-6-8-14(13)10-20)15-12(2)19-16(21-15)17(3,4)5/h11,13-14,18,20H,6-10H2,1-5H3. The molecule has 0 amide bonds. The summed E-state index contributed by atoms with van der Waals surface area (Å²) in [6.07, 6.45) is 3.70. The number of rotatable bonds is 5. The van der Waals surface area contributed by atoms with Crippen LogP contribution in [-0.2, 0) is 5.41 Å². The summed E-state index contributed by atoms with van der Waals surface area (Å²) in [5, 5.41) is 14.3. The van der Waals surface area contributed by atoms with Crippen LogP contribution in [0.2, 0.25) is 0 Å². The summed E-state index contributed by atoms with van der Waals surface area (Å²) in [5.41, 5.74) is 1.29. The Morgan fingerprint density at radius 1 is 1.33 bits per heavy atom. The van der Waals surface area contributed by atoms with Crippen LogP contribution < -0.4 is 5.32 Å². The van der Waals surface area contributed by atoms with E-state index in [4.69, 9.17) is 4.98 Å². The van der Waals surface area contributed by atoms with E-state index in [-0.39, 0.29) is 5.41 Å². The first-order valence-corrected chi connectivity index (χ1v) is 8.96. The molecular weight excluding hydrogens is 280 g/mol. The first kappa shape index (κ1) is 16.9. The number of aromatic nitrogens is 1. The maximum atomic E-state index is 9.42. The van der Waals surface area contributed by atoms with E-state index in [9.17, 15) is 5.11 Å². The zero-order chi connectivity index (χ0) is 15.6. The third-order valence-electron chi connectivity index (χ3n) is 4.60. The molecule has 1 aliphatic carbocycles. The van der Waals surface area contributed by atoms with Gasteiger partial charge in [-0.1, -0.05) is 27.2 Å². The summed E-state index contributed by atoms with van der Waals surface area (Å²) in [6, 6.07) is 0.346. The zero-order valence-electron chi connectivity index (χ0n) is 14.1. The average Bonchev–Trinajstić information content (AvgIpc) is 3.01. The van der Waals surface area contributed by atoms with Crippen molar-refractivity contribution in [3.8, 4) is 0 Å². The molecule has 1 aromatic rings. The maximum Gasteiger partial charge on any atom is 0.0985 e. The van der Waals surface area contributed by atoms with E-state index >= 15 is 0 Å². The van der Waals surface area contributed by atoms with Crippen LogP contribution in [0.1, 0.15) is 68.6 Å². The minimum absolute atomic E-state index is 0.126. The summed E-state index contributed by atoms with van der Waals surface area (Å²) in [4.78, 5) is 6.11. The van der Waals surface area contributed by atoms with E-state index in [2.05, 4.69) is 39.9 Å². The molecule has 0 spiro atoms. The smallest absolute Gasteiger partial charge is 0.0985 e. The molecule has 1 fully saturated rings. The zero-order valence-corrected chi connectivity index (χ0v) is 14.9. The summed E-state index contributed by atoms with van der Waals surface area (Å²) < 4.78 is 0. The van der Waals surface area contributed by atoms with E-state index in [0.29, 0.717) is 24.5 Å². The lowest BCUT2D eigenvalue weighted by Crippen LogP contribution is -2.28. The van der Waals surface area contributed by atoms with Crippen molar-refractivity contribution in [2.45, 2.75) is 65.3 Å². The summed E-state index contributed by atoms with van der Waals surface area (Å²) in [7, 11) is 0. The van der Waals surface area contributed by atoms with Crippen molar-refractivity contribution in [3.05, 3.63) is 15.6 Å². The van der Waals surface area contributed by atoms with Crippen LogP contribution in [0.3, 0.4) is 0 Å². The SMILES string of the molecule is Cc1nc(C(C)(C)C)sc1C(C)NCC1CCCC1CO. The number of hydrogen-bond acceptors (Lipinski definition) is 4. The van der Waals surface area contributed by atoms with Crippen LogP contribution in [0.25, 0.3) is 0 Å². The Hall–Kier alpha value is -0.450. The van der Waals surface area contributed by atoms with E-state index in [1.54, 1.807) is 0 Å². The molecule has 1 saturated carbocycles. The van der Waals surface area contributed by atoms with E-state index in [0.717, 1.165) is 12.2 Å². The first-order valence-electron chi connectivity index (χ1n) is 8.15. The van der Waals surface area contributed by atoms with Gasteiger partial charge in [0.15, 0.2) is 0 Å². The van der Waals surface area contributed by atoms with Crippen molar-refractivity contribution in [1.29, 1.82) is 0 Å². The number of aryl methyl sites for hydroxylation is 1. The van der Waals surface area contributed by atoms with Crippen molar-refractivity contribution in [2.24, 2.45) is 11.8 Å². The Labute approximate surface area is 133 Å². The molecule has 1 aliphatic rings. The average molecular weight is 311 g/mol. The van der Waals surface area contributed by atoms with Gasteiger partial charge in [-0.25, -0.2) is 4.98 Å².